The minimum Gasteiger partial charge on any atom is -0.474 e. The summed E-state index contributed by atoms with van der Waals surface area (Å²) in [5.41, 5.74) is 0. The first-order chi connectivity index (χ1) is 6.11. The summed E-state index contributed by atoms with van der Waals surface area (Å²) >= 11 is 5.93. The van der Waals surface area contributed by atoms with Crippen LogP contribution in [0.25, 0.3) is 0 Å². The van der Waals surface area contributed by atoms with E-state index < -0.39 is 0 Å². The topological polar surface area (TPSA) is 12.5 Å². The first-order valence-electron chi connectivity index (χ1n) is 4.19. The van der Waals surface area contributed by atoms with E-state index in [0.717, 1.165) is 5.75 Å². The minimum atomic E-state index is 0.0277. The third-order valence-corrected chi connectivity index (χ3v) is 2.17. The largest absolute Gasteiger partial charge is 0.474 e. The van der Waals surface area contributed by atoms with Crippen molar-refractivity contribution in [1.29, 1.82) is 0 Å². The molecule has 3 heteroatoms. The van der Waals surface area contributed by atoms with Crippen molar-refractivity contribution < 1.29 is 4.74 Å². The van der Waals surface area contributed by atoms with Crippen LogP contribution in [0.5, 0.6) is 5.75 Å². The van der Waals surface area contributed by atoms with Crippen molar-refractivity contribution in [3.8, 4) is 5.75 Å². The fourth-order valence-corrected chi connectivity index (χ4v) is 1.01. The highest BCUT2D eigenvalue weighted by Crippen LogP contribution is 2.24. The highest BCUT2D eigenvalue weighted by molar-refractivity contribution is 6.32. The molecule has 0 aliphatic rings. The Labute approximate surface area is 84.1 Å². The van der Waals surface area contributed by atoms with Gasteiger partial charge in [0.15, 0.2) is 0 Å². The van der Waals surface area contributed by atoms with Gasteiger partial charge in [0, 0.05) is 0 Å². The van der Waals surface area contributed by atoms with Crippen LogP contribution < -0.4 is 4.74 Å². The van der Waals surface area contributed by atoms with Gasteiger partial charge in [-0.3, -0.25) is 4.90 Å². The number of benzene rings is 1. The Hall–Kier alpha value is -0.730. The predicted octanol–water partition coefficient (Wildman–Crippen LogP) is 2.63. The molecular formula is C10H14ClNO. The summed E-state index contributed by atoms with van der Waals surface area (Å²) in [7, 11) is 3.92. The molecule has 0 saturated carbocycles. The third-order valence-electron chi connectivity index (χ3n) is 1.86. The SMILES string of the molecule is CC(Oc1ccccc1Cl)N(C)C. The molecule has 0 heterocycles. The van der Waals surface area contributed by atoms with E-state index >= 15 is 0 Å². The Bertz CT molecular complexity index is 275. The van der Waals surface area contributed by atoms with Crippen LogP contribution in [0.3, 0.4) is 0 Å². The molecule has 0 radical (unpaired) electrons. The summed E-state index contributed by atoms with van der Waals surface area (Å²) in [6, 6.07) is 7.47. The van der Waals surface area contributed by atoms with Gasteiger partial charge in [-0.2, -0.15) is 0 Å². The summed E-state index contributed by atoms with van der Waals surface area (Å²) in [4.78, 5) is 1.98. The second kappa shape index (κ2) is 4.49. The van der Waals surface area contributed by atoms with Crippen molar-refractivity contribution in [2.45, 2.75) is 13.2 Å². The second-order valence-corrected chi connectivity index (χ2v) is 3.52. The van der Waals surface area contributed by atoms with Gasteiger partial charge in [0.05, 0.1) is 5.02 Å². The summed E-state index contributed by atoms with van der Waals surface area (Å²) in [5, 5.41) is 0.649. The molecule has 13 heavy (non-hydrogen) atoms. The van der Waals surface area contributed by atoms with Crippen molar-refractivity contribution in [1.82, 2.24) is 4.90 Å². The first-order valence-corrected chi connectivity index (χ1v) is 4.56. The molecule has 0 bridgehead atoms. The second-order valence-electron chi connectivity index (χ2n) is 3.11. The van der Waals surface area contributed by atoms with Crippen LogP contribution in [0.15, 0.2) is 24.3 Å². The summed E-state index contributed by atoms with van der Waals surface area (Å²) in [6.45, 7) is 1.98. The summed E-state index contributed by atoms with van der Waals surface area (Å²) in [6.07, 6.45) is 0.0277. The van der Waals surface area contributed by atoms with Crippen LogP contribution in [-0.4, -0.2) is 25.2 Å². The van der Waals surface area contributed by atoms with Gasteiger partial charge in [-0.25, -0.2) is 0 Å². The molecule has 0 fully saturated rings. The van der Waals surface area contributed by atoms with E-state index in [1.165, 1.54) is 0 Å². The molecule has 0 amide bonds. The van der Waals surface area contributed by atoms with Crippen LogP contribution in [0, 0.1) is 0 Å². The number of rotatable bonds is 3. The normalized spacial score (nSPS) is 13.0. The molecule has 0 N–H and O–H groups in total. The van der Waals surface area contributed by atoms with Gasteiger partial charge in [0.25, 0.3) is 0 Å². The average molecular weight is 200 g/mol. The Morgan fingerprint density at radius 3 is 2.46 bits per heavy atom. The van der Waals surface area contributed by atoms with Gasteiger partial charge in [-0.1, -0.05) is 23.7 Å². The lowest BCUT2D eigenvalue weighted by Gasteiger charge is -2.21. The predicted molar refractivity (Wildman–Crippen MR) is 55.2 cm³/mol. The maximum absolute atomic E-state index is 5.93. The van der Waals surface area contributed by atoms with Gasteiger partial charge in [0.1, 0.15) is 12.0 Å². The lowest BCUT2D eigenvalue weighted by Crippen LogP contribution is -2.30. The maximum atomic E-state index is 5.93. The van der Waals surface area contributed by atoms with E-state index in [9.17, 15) is 0 Å². The van der Waals surface area contributed by atoms with Crippen LogP contribution in [0.2, 0.25) is 5.02 Å². The van der Waals surface area contributed by atoms with E-state index in [-0.39, 0.29) is 6.23 Å². The highest BCUT2D eigenvalue weighted by Gasteiger charge is 2.07. The summed E-state index contributed by atoms with van der Waals surface area (Å²) in [5.74, 6) is 0.727. The Balaban J connectivity index is 2.69. The molecule has 1 atom stereocenters. The molecule has 0 saturated heterocycles. The van der Waals surface area contributed by atoms with Crippen molar-refractivity contribution in [3.05, 3.63) is 29.3 Å². The molecule has 0 aliphatic carbocycles. The Morgan fingerprint density at radius 2 is 1.92 bits per heavy atom. The number of nitrogens with zero attached hydrogens (tertiary/aromatic N) is 1. The summed E-state index contributed by atoms with van der Waals surface area (Å²) < 4.78 is 5.60. The zero-order valence-electron chi connectivity index (χ0n) is 8.12. The molecule has 1 rings (SSSR count). The van der Waals surface area contributed by atoms with Crippen LogP contribution >= 0.6 is 11.6 Å². The van der Waals surface area contributed by atoms with Gasteiger partial charge in [0.2, 0.25) is 0 Å². The van der Waals surface area contributed by atoms with Gasteiger partial charge < -0.3 is 4.74 Å². The molecule has 72 valence electrons. The van der Waals surface area contributed by atoms with Crippen LogP contribution in [0.4, 0.5) is 0 Å². The Kier molecular flexibility index (Phi) is 3.58. The number of hydrogen-bond donors (Lipinski definition) is 0. The smallest absolute Gasteiger partial charge is 0.149 e. The van der Waals surface area contributed by atoms with Crippen molar-refractivity contribution in [2.24, 2.45) is 0 Å². The van der Waals surface area contributed by atoms with Crippen molar-refractivity contribution in [2.75, 3.05) is 14.1 Å². The van der Waals surface area contributed by atoms with Gasteiger partial charge in [-0.15, -0.1) is 0 Å². The number of para-hydroxylation sites is 1. The molecular weight excluding hydrogens is 186 g/mol. The zero-order chi connectivity index (χ0) is 9.84. The molecule has 1 aromatic carbocycles. The van der Waals surface area contributed by atoms with Gasteiger partial charge >= 0.3 is 0 Å². The molecule has 2 nitrogen and oxygen atoms in total. The average Bonchev–Trinajstić information content (AvgIpc) is 2.08. The molecule has 0 aliphatic heterocycles. The zero-order valence-corrected chi connectivity index (χ0v) is 8.88. The van der Waals surface area contributed by atoms with E-state index in [2.05, 4.69) is 0 Å². The van der Waals surface area contributed by atoms with Crippen molar-refractivity contribution >= 4 is 11.6 Å². The van der Waals surface area contributed by atoms with E-state index in [0.29, 0.717) is 5.02 Å². The first kappa shape index (κ1) is 10.4. The quantitative estimate of drug-likeness (QED) is 0.694. The van der Waals surface area contributed by atoms with Crippen molar-refractivity contribution in [3.63, 3.8) is 0 Å². The fourth-order valence-electron chi connectivity index (χ4n) is 0.829. The third kappa shape index (κ3) is 2.90. The lowest BCUT2D eigenvalue weighted by atomic mass is 10.3. The van der Waals surface area contributed by atoms with Gasteiger partial charge in [-0.05, 0) is 33.2 Å². The molecule has 0 spiro atoms. The van der Waals surface area contributed by atoms with Crippen LogP contribution in [-0.2, 0) is 0 Å². The highest BCUT2D eigenvalue weighted by atomic mass is 35.5. The standard InChI is InChI=1S/C10H14ClNO/c1-8(12(2)3)13-10-7-5-4-6-9(10)11/h4-8H,1-3H3. The minimum absolute atomic E-state index is 0.0277. The van der Waals surface area contributed by atoms with E-state index in [1.54, 1.807) is 0 Å². The van der Waals surface area contributed by atoms with E-state index in [4.69, 9.17) is 16.3 Å². The molecule has 1 aromatic rings. The number of halogens is 1. The molecule has 0 aromatic heterocycles. The monoisotopic (exact) mass is 199 g/mol. The lowest BCUT2D eigenvalue weighted by molar-refractivity contribution is 0.0816. The number of hydrogen-bond acceptors (Lipinski definition) is 2. The maximum Gasteiger partial charge on any atom is 0.149 e. The fraction of sp³-hybridized carbons (Fsp3) is 0.400. The Morgan fingerprint density at radius 1 is 1.31 bits per heavy atom. The number of ether oxygens (including phenoxy) is 1. The molecule has 1 unspecified atom stereocenters. The van der Waals surface area contributed by atoms with E-state index in [1.807, 2.05) is 50.2 Å². The van der Waals surface area contributed by atoms with Crippen LogP contribution in [0.1, 0.15) is 6.92 Å².